The van der Waals surface area contributed by atoms with Crippen molar-refractivity contribution in [1.82, 2.24) is 0 Å². The zero-order chi connectivity index (χ0) is 17.7. The maximum absolute atomic E-state index is 14.1. The van der Waals surface area contributed by atoms with E-state index in [1.165, 1.54) is 24.3 Å². The van der Waals surface area contributed by atoms with Crippen molar-refractivity contribution in [1.29, 1.82) is 0 Å². The molecule has 0 aromatic heterocycles. The van der Waals surface area contributed by atoms with Gasteiger partial charge >= 0.3 is 12.1 Å². The standard InChI is InChI=1S/C17H12ClF3O3/c1-9-6-12-15(13(18)7-9)10-4-2-3-5-11(10)16(12,17(19,20)21)24-8-14(22)23/h2-7H,8H2,1H3,(H,22,23)/t16-/m1/s1. The molecule has 0 radical (unpaired) electrons. The highest BCUT2D eigenvalue weighted by atomic mass is 35.5. The van der Waals surface area contributed by atoms with E-state index in [1.54, 1.807) is 19.1 Å². The highest BCUT2D eigenvalue weighted by Crippen LogP contribution is 2.58. The van der Waals surface area contributed by atoms with Gasteiger partial charge in [0.1, 0.15) is 6.61 Å². The molecule has 1 aliphatic carbocycles. The second-order valence-corrected chi connectivity index (χ2v) is 5.98. The summed E-state index contributed by atoms with van der Waals surface area (Å²) >= 11 is 6.20. The Labute approximate surface area is 140 Å². The molecule has 2 aromatic carbocycles. The van der Waals surface area contributed by atoms with E-state index in [-0.39, 0.29) is 21.7 Å². The quantitative estimate of drug-likeness (QED) is 0.878. The summed E-state index contributed by atoms with van der Waals surface area (Å²) < 4.78 is 47.4. The van der Waals surface area contributed by atoms with Crippen LogP contribution in [0.2, 0.25) is 5.02 Å². The number of benzene rings is 2. The first-order valence-electron chi connectivity index (χ1n) is 7.01. The summed E-state index contributed by atoms with van der Waals surface area (Å²) in [5.74, 6) is -1.48. The molecule has 0 bridgehead atoms. The molecular weight excluding hydrogens is 345 g/mol. The van der Waals surface area contributed by atoms with E-state index in [0.717, 1.165) is 0 Å². The Balaban J connectivity index is 2.39. The highest BCUT2D eigenvalue weighted by molar-refractivity contribution is 6.34. The third-order valence-electron chi connectivity index (χ3n) is 4.00. The van der Waals surface area contributed by atoms with Crippen LogP contribution in [0.25, 0.3) is 11.1 Å². The van der Waals surface area contributed by atoms with E-state index in [2.05, 4.69) is 0 Å². The SMILES string of the molecule is Cc1cc(Cl)c2c(c1)[C@@](OCC(=O)O)(C(F)(F)F)c1ccccc1-2. The summed E-state index contributed by atoms with van der Waals surface area (Å²) in [4.78, 5) is 10.9. The molecule has 0 saturated heterocycles. The maximum atomic E-state index is 14.1. The van der Waals surface area contributed by atoms with Gasteiger partial charge < -0.3 is 9.84 Å². The first-order valence-corrected chi connectivity index (χ1v) is 7.39. The van der Waals surface area contributed by atoms with E-state index < -0.39 is 24.4 Å². The number of fused-ring (bicyclic) bond motifs is 3. The van der Waals surface area contributed by atoms with Crippen molar-refractivity contribution in [2.24, 2.45) is 0 Å². The monoisotopic (exact) mass is 356 g/mol. The van der Waals surface area contributed by atoms with Crippen LogP contribution in [-0.4, -0.2) is 23.9 Å². The number of carbonyl (C=O) groups is 1. The number of aryl methyl sites for hydroxylation is 1. The molecule has 24 heavy (non-hydrogen) atoms. The lowest BCUT2D eigenvalue weighted by Gasteiger charge is -2.33. The lowest BCUT2D eigenvalue weighted by atomic mass is 9.89. The number of rotatable bonds is 3. The van der Waals surface area contributed by atoms with Gasteiger partial charge in [0.05, 0.1) is 0 Å². The number of alkyl halides is 3. The van der Waals surface area contributed by atoms with Crippen molar-refractivity contribution in [2.45, 2.75) is 18.7 Å². The number of carboxylic acids is 1. The van der Waals surface area contributed by atoms with Crippen LogP contribution in [0.4, 0.5) is 13.2 Å². The van der Waals surface area contributed by atoms with Gasteiger partial charge in [0.25, 0.3) is 0 Å². The molecule has 1 atom stereocenters. The van der Waals surface area contributed by atoms with Crippen molar-refractivity contribution in [2.75, 3.05) is 6.61 Å². The molecule has 2 aromatic rings. The van der Waals surface area contributed by atoms with Crippen molar-refractivity contribution >= 4 is 17.6 Å². The molecule has 126 valence electrons. The van der Waals surface area contributed by atoms with Crippen LogP contribution in [0.5, 0.6) is 0 Å². The minimum absolute atomic E-state index is 0.152. The average Bonchev–Trinajstić information content (AvgIpc) is 2.75. The van der Waals surface area contributed by atoms with Crippen LogP contribution >= 0.6 is 11.6 Å². The summed E-state index contributed by atoms with van der Waals surface area (Å²) in [7, 11) is 0. The normalized spacial score (nSPS) is 19.0. The first kappa shape index (κ1) is 16.8. The molecular formula is C17H12ClF3O3. The maximum Gasteiger partial charge on any atom is 0.426 e. The molecule has 0 fully saturated rings. The third kappa shape index (κ3) is 2.29. The summed E-state index contributed by atoms with van der Waals surface area (Å²) in [5, 5.41) is 9.01. The van der Waals surface area contributed by atoms with Gasteiger partial charge in [-0.05, 0) is 24.1 Å². The minimum Gasteiger partial charge on any atom is -0.480 e. The fourth-order valence-corrected chi connectivity index (χ4v) is 3.54. The van der Waals surface area contributed by atoms with E-state index >= 15 is 0 Å². The van der Waals surface area contributed by atoms with E-state index in [4.69, 9.17) is 21.4 Å². The number of hydrogen-bond donors (Lipinski definition) is 1. The molecule has 0 spiro atoms. The zero-order valence-electron chi connectivity index (χ0n) is 12.4. The van der Waals surface area contributed by atoms with Crippen molar-refractivity contribution in [3.63, 3.8) is 0 Å². The number of halogens is 4. The van der Waals surface area contributed by atoms with Gasteiger partial charge in [0.15, 0.2) is 0 Å². The lowest BCUT2D eigenvalue weighted by Crippen LogP contribution is -2.45. The Morgan fingerprint density at radius 1 is 1.25 bits per heavy atom. The molecule has 0 amide bonds. The number of carboxylic acid groups (broad SMARTS) is 1. The number of aliphatic carboxylic acids is 1. The molecule has 0 unspecified atom stereocenters. The third-order valence-corrected chi connectivity index (χ3v) is 4.30. The van der Waals surface area contributed by atoms with Crippen LogP contribution in [-0.2, 0) is 15.1 Å². The van der Waals surface area contributed by atoms with E-state index in [0.29, 0.717) is 11.1 Å². The molecule has 0 saturated carbocycles. The zero-order valence-corrected chi connectivity index (χ0v) is 13.2. The van der Waals surface area contributed by atoms with Gasteiger partial charge in [0.2, 0.25) is 5.60 Å². The second kappa shape index (κ2) is 5.50. The minimum atomic E-state index is -4.86. The molecule has 0 heterocycles. The average molecular weight is 357 g/mol. The van der Waals surface area contributed by atoms with Gasteiger partial charge in [0, 0.05) is 21.7 Å². The number of ether oxygens (including phenoxy) is 1. The van der Waals surface area contributed by atoms with Crippen molar-refractivity contribution in [3.05, 3.63) is 58.1 Å². The molecule has 1 aliphatic rings. The highest BCUT2D eigenvalue weighted by Gasteiger charge is 2.63. The largest absolute Gasteiger partial charge is 0.480 e. The Morgan fingerprint density at radius 2 is 1.92 bits per heavy atom. The summed E-state index contributed by atoms with van der Waals surface area (Å²) in [6.45, 7) is 0.534. The molecule has 3 rings (SSSR count). The van der Waals surface area contributed by atoms with E-state index in [1.807, 2.05) is 0 Å². The Bertz CT molecular complexity index is 832. The van der Waals surface area contributed by atoms with Crippen LogP contribution in [0.3, 0.4) is 0 Å². The molecule has 1 N–H and O–H groups in total. The van der Waals surface area contributed by atoms with Crippen LogP contribution < -0.4 is 0 Å². The van der Waals surface area contributed by atoms with Crippen LogP contribution in [0, 0.1) is 6.92 Å². The fourth-order valence-electron chi connectivity index (χ4n) is 3.16. The second-order valence-electron chi connectivity index (χ2n) is 5.58. The number of hydrogen-bond acceptors (Lipinski definition) is 2. The lowest BCUT2D eigenvalue weighted by molar-refractivity contribution is -0.264. The van der Waals surface area contributed by atoms with Crippen LogP contribution in [0.15, 0.2) is 36.4 Å². The first-order chi connectivity index (χ1) is 11.2. The summed E-state index contributed by atoms with van der Waals surface area (Å²) in [6, 6.07) is 8.78. The van der Waals surface area contributed by atoms with Crippen molar-refractivity contribution < 1.29 is 27.8 Å². The van der Waals surface area contributed by atoms with Crippen LogP contribution in [0.1, 0.15) is 16.7 Å². The summed E-state index contributed by atoms with van der Waals surface area (Å²) in [6.07, 6.45) is -4.86. The van der Waals surface area contributed by atoms with Crippen molar-refractivity contribution in [3.8, 4) is 11.1 Å². The smallest absolute Gasteiger partial charge is 0.426 e. The Hall–Kier alpha value is -2.05. The Morgan fingerprint density at radius 3 is 2.54 bits per heavy atom. The molecule has 3 nitrogen and oxygen atoms in total. The predicted octanol–water partition coefficient (Wildman–Crippen LogP) is 4.54. The van der Waals surface area contributed by atoms with Gasteiger partial charge in [-0.25, -0.2) is 4.79 Å². The fraction of sp³-hybridized carbons (Fsp3) is 0.235. The Kier molecular flexibility index (Phi) is 3.85. The molecule has 7 heteroatoms. The molecule has 0 aliphatic heterocycles. The van der Waals surface area contributed by atoms with Gasteiger partial charge in [-0.3, -0.25) is 0 Å². The van der Waals surface area contributed by atoms with E-state index in [9.17, 15) is 18.0 Å². The summed E-state index contributed by atoms with van der Waals surface area (Å²) in [5.41, 5.74) is -2.14. The van der Waals surface area contributed by atoms with Gasteiger partial charge in [-0.2, -0.15) is 13.2 Å². The predicted molar refractivity (Wildman–Crippen MR) is 82.0 cm³/mol. The van der Waals surface area contributed by atoms with Gasteiger partial charge in [-0.15, -0.1) is 0 Å². The topological polar surface area (TPSA) is 46.5 Å². The van der Waals surface area contributed by atoms with Gasteiger partial charge in [-0.1, -0.05) is 41.9 Å².